The van der Waals surface area contributed by atoms with E-state index in [0.717, 1.165) is 0 Å². The van der Waals surface area contributed by atoms with Crippen molar-refractivity contribution in [2.45, 2.75) is 19.9 Å². The quantitative estimate of drug-likeness (QED) is 0.576. The first-order chi connectivity index (χ1) is 10.5. The van der Waals surface area contributed by atoms with Crippen LogP contribution < -0.4 is 15.4 Å². The number of ether oxygens (including phenoxy) is 2. The van der Waals surface area contributed by atoms with E-state index in [9.17, 15) is 9.90 Å². The topological polar surface area (TPSA) is 79.8 Å². The van der Waals surface area contributed by atoms with Gasteiger partial charge in [0, 0.05) is 11.3 Å². The zero-order chi connectivity index (χ0) is 16.3. The second kappa shape index (κ2) is 6.65. The molecule has 0 aromatic heterocycles. The fraction of sp³-hybridized carbons (Fsp3) is 0.333. The third kappa shape index (κ3) is 2.99. The number of hydrogen-bond donors (Lipinski definition) is 3. The molecule has 0 fully saturated rings. The van der Waals surface area contributed by atoms with E-state index in [4.69, 9.17) is 21.7 Å². The van der Waals surface area contributed by atoms with Crippen LogP contribution in [0.15, 0.2) is 29.5 Å². The van der Waals surface area contributed by atoms with E-state index in [2.05, 4.69) is 10.6 Å². The summed E-state index contributed by atoms with van der Waals surface area (Å²) in [6.07, 6.45) is 0. The number of benzene rings is 1. The van der Waals surface area contributed by atoms with Gasteiger partial charge in [0.15, 0.2) is 16.6 Å². The summed E-state index contributed by atoms with van der Waals surface area (Å²) in [6, 6.07) is 4.47. The molecule has 3 N–H and O–H groups in total. The number of nitrogens with one attached hydrogen (secondary N) is 2. The Bertz CT molecular complexity index is 642. The van der Waals surface area contributed by atoms with E-state index < -0.39 is 12.0 Å². The molecule has 6 nitrogen and oxygen atoms in total. The number of carbonyl (C=O) groups is 1. The third-order valence-electron chi connectivity index (χ3n) is 3.33. The maximum Gasteiger partial charge on any atom is 0.338 e. The van der Waals surface area contributed by atoms with Crippen LogP contribution in [-0.2, 0) is 9.53 Å². The van der Waals surface area contributed by atoms with Crippen LogP contribution in [0.5, 0.6) is 11.5 Å². The predicted octanol–water partition coefficient (Wildman–Crippen LogP) is 1.76. The lowest BCUT2D eigenvalue weighted by Gasteiger charge is -2.30. The molecule has 0 spiro atoms. The molecule has 118 valence electrons. The summed E-state index contributed by atoms with van der Waals surface area (Å²) in [7, 11) is 1.46. The van der Waals surface area contributed by atoms with Crippen molar-refractivity contribution in [2.24, 2.45) is 0 Å². The van der Waals surface area contributed by atoms with Crippen LogP contribution in [0.25, 0.3) is 0 Å². The number of carbonyl (C=O) groups excluding carboxylic acids is 1. The Hall–Kier alpha value is -2.28. The van der Waals surface area contributed by atoms with E-state index in [1.807, 2.05) is 0 Å². The number of phenols is 1. The second-order valence-electron chi connectivity index (χ2n) is 4.69. The standard InChI is InChI=1S/C15H18N2O4S/c1-4-21-14(19)11-8(2)16-15(22)17-12(11)9-6-5-7-10(20-3)13(9)18/h5-7,12,18H,4H2,1-3H3,(H2,16,17,22)/t12-/m0/s1. The summed E-state index contributed by atoms with van der Waals surface area (Å²) in [6.45, 7) is 3.74. The molecule has 0 saturated carbocycles. The zero-order valence-corrected chi connectivity index (χ0v) is 13.4. The number of thiocarbonyl (C=S) groups is 1. The minimum absolute atomic E-state index is 0.0400. The summed E-state index contributed by atoms with van der Waals surface area (Å²) in [5, 5.41) is 16.6. The highest BCUT2D eigenvalue weighted by Crippen LogP contribution is 2.38. The molecular formula is C15H18N2O4S. The molecule has 0 saturated heterocycles. The number of aromatic hydroxyl groups is 1. The molecule has 0 unspecified atom stereocenters. The number of rotatable bonds is 4. The van der Waals surface area contributed by atoms with Gasteiger partial charge in [0.2, 0.25) is 0 Å². The highest BCUT2D eigenvalue weighted by Gasteiger charge is 2.33. The average Bonchev–Trinajstić information content (AvgIpc) is 2.46. The number of methoxy groups -OCH3 is 1. The maximum atomic E-state index is 12.2. The van der Waals surface area contributed by atoms with Gasteiger partial charge in [-0.1, -0.05) is 12.1 Å². The molecule has 1 aromatic rings. The molecule has 0 radical (unpaired) electrons. The normalized spacial score (nSPS) is 17.6. The molecule has 1 atom stereocenters. The van der Waals surface area contributed by atoms with Crippen LogP contribution in [0, 0.1) is 0 Å². The highest BCUT2D eigenvalue weighted by atomic mass is 32.1. The van der Waals surface area contributed by atoms with Crippen LogP contribution in [0.4, 0.5) is 0 Å². The first-order valence-electron chi connectivity index (χ1n) is 6.80. The third-order valence-corrected chi connectivity index (χ3v) is 3.55. The number of allylic oxidation sites excluding steroid dienone is 1. The molecule has 0 bridgehead atoms. The number of hydrogen-bond acceptors (Lipinski definition) is 5. The Labute approximate surface area is 134 Å². The summed E-state index contributed by atoms with van der Waals surface area (Å²) >= 11 is 5.15. The van der Waals surface area contributed by atoms with Gasteiger partial charge in [0.1, 0.15) is 0 Å². The lowest BCUT2D eigenvalue weighted by Crippen LogP contribution is -2.45. The lowest BCUT2D eigenvalue weighted by molar-refractivity contribution is -0.139. The van der Waals surface area contributed by atoms with Gasteiger partial charge in [0.05, 0.1) is 25.3 Å². The van der Waals surface area contributed by atoms with Gasteiger partial charge >= 0.3 is 5.97 Å². The van der Waals surface area contributed by atoms with Gasteiger partial charge in [-0.25, -0.2) is 4.79 Å². The smallest absolute Gasteiger partial charge is 0.338 e. The van der Waals surface area contributed by atoms with Crippen LogP contribution in [-0.4, -0.2) is 29.9 Å². The summed E-state index contributed by atoms with van der Waals surface area (Å²) in [5.41, 5.74) is 1.46. The number of para-hydroxylation sites is 1. The van der Waals surface area contributed by atoms with Crippen molar-refractivity contribution in [1.82, 2.24) is 10.6 Å². The van der Waals surface area contributed by atoms with E-state index in [-0.39, 0.29) is 12.4 Å². The van der Waals surface area contributed by atoms with Crippen molar-refractivity contribution in [3.63, 3.8) is 0 Å². The molecule has 2 rings (SSSR count). The minimum Gasteiger partial charge on any atom is -0.504 e. The maximum absolute atomic E-state index is 12.2. The van der Waals surface area contributed by atoms with Crippen molar-refractivity contribution in [2.75, 3.05) is 13.7 Å². The molecule has 1 aromatic carbocycles. The Morgan fingerprint density at radius 3 is 2.82 bits per heavy atom. The van der Waals surface area contributed by atoms with Crippen molar-refractivity contribution < 1.29 is 19.4 Å². The van der Waals surface area contributed by atoms with Crippen molar-refractivity contribution in [3.8, 4) is 11.5 Å². The Morgan fingerprint density at radius 2 is 2.18 bits per heavy atom. The molecule has 1 aliphatic rings. The zero-order valence-electron chi connectivity index (χ0n) is 12.6. The molecule has 22 heavy (non-hydrogen) atoms. The Kier molecular flexibility index (Phi) is 4.87. The SMILES string of the molecule is CCOC(=O)C1=C(C)NC(=S)N[C@H]1c1cccc(OC)c1O. The van der Waals surface area contributed by atoms with Gasteiger partial charge in [-0.2, -0.15) is 0 Å². The van der Waals surface area contributed by atoms with Gasteiger partial charge in [-0.05, 0) is 32.1 Å². The Morgan fingerprint density at radius 1 is 1.45 bits per heavy atom. The van der Waals surface area contributed by atoms with Crippen LogP contribution in [0.3, 0.4) is 0 Å². The lowest BCUT2D eigenvalue weighted by atomic mass is 9.94. The van der Waals surface area contributed by atoms with Gasteiger partial charge < -0.3 is 25.2 Å². The largest absolute Gasteiger partial charge is 0.504 e. The van der Waals surface area contributed by atoms with Gasteiger partial charge in [0.25, 0.3) is 0 Å². The summed E-state index contributed by atoms with van der Waals surface area (Å²) in [4.78, 5) is 12.2. The summed E-state index contributed by atoms with van der Waals surface area (Å²) in [5.74, 6) is -0.180. The van der Waals surface area contributed by atoms with E-state index in [1.165, 1.54) is 7.11 Å². The van der Waals surface area contributed by atoms with Crippen LogP contribution in [0.2, 0.25) is 0 Å². The predicted molar refractivity (Wildman–Crippen MR) is 85.6 cm³/mol. The minimum atomic E-state index is -0.608. The van der Waals surface area contributed by atoms with Gasteiger partial charge in [-0.15, -0.1) is 0 Å². The molecule has 1 aliphatic heterocycles. The van der Waals surface area contributed by atoms with Gasteiger partial charge in [-0.3, -0.25) is 0 Å². The highest BCUT2D eigenvalue weighted by molar-refractivity contribution is 7.80. The van der Waals surface area contributed by atoms with Crippen molar-refractivity contribution in [1.29, 1.82) is 0 Å². The van der Waals surface area contributed by atoms with Crippen molar-refractivity contribution >= 4 is 23.3 Å². The first kappa shape index (κ1) is 16.1. The molecular weight excluding hydrogens is 304 g/mol. The van der Waals surface area contributed by atoms with E-state index in [1.54, 1.807) is 32.0 Å². The first-order valence-corrected chi connectivity index (χ1v) is 7.21. The molecule has 0 aliphatic carbocycles. The summed E-state index contributed by atoms with van der Waals surface area (Å²) < 4.78 is 10.2. The average molecular weight is 322 g/mol. The second-order valence-corrected chi connectivity index (χ2v) is 5.10. The fourth-order valence-corrected chi connectivity index (χ4v) is 2.61. The number of phenolic OH excluding ortho intramolecular Hbond substituents is 1. The molecule has 7 heteroatoms. The van der Waals surface area contributed by atoms with Crippen LogP contribution >= 0.6 is 12.2 Å². The monoisotopic (exact) mass is 322 g/mol. The van der Waals surface area contributed by atoms with Crippen LogP contribution in [0.1, 0.15) is 25.5 Å². The Balaban J connectivity index is 2.53. The molecule has 1 heterocycles. The fourth-order valence-electron chi connectivity index (χ4n) is 2.34. The molecule has 0 amide bonds. The number of esters is 1. The van der Waals surface area contributed by atoms with E-state index >= 15 is 0 Å². The van der Waals surface area contributed by atoms with Crippen molar-refractivity contribution in [3.05, 3.63) is 35.0 Å². The van der Waals surface area contributed by atoms with E-state index in [0.29, 0.717) is 27.7 Å².